The maximum atomic E-state index is 10.3. The van der Waals surface area contributed by atoms with Crippen molar-refractivity contribution < 1.29 is 44.2 Å². The summed E-state index contributed by atoms with van der Waals surface area (Å²) in [5, 5.41) is 10.3. The molecule has 1 aromatic rings. The summed E-state index contributed by atoms with van der Waals surface area (Å²) in [7, 11) is 0. The molecule has 0 bridgehead atoms. The molecule has 1 saturated heterocycles. The smallest absolute Gasteiger partial charge is 0.547 e. The van der Waals surface area contributed by atoms with Gasteiger partial charge in [-0.05, 0) is 5.56 Å². The van der Waals surface area contributed by atoms with Gasteiger partial charge in [0.05, 0.1) is 5.97 Å². The van der Waals surface area contributed by atoms with Gasteiger partial charge in [-0.2, -0.15) is 0 Å². The van der Waals surface area contributed by atoms with Crippen LogP contribution in [-0.2, 0) is 9.53 Å². The Morgan fingerprint density at radius 2 is 1.92 bits per heavy atom. The van der Waals surface area contributed by atoms with Crippen LogP contribution in [0.15, 0.2) is 30.3 Å². The first kappa shape index (κ1) is 10.7. The first-order valence-corrected chi connectivity index (χ1v) is 3.70. The summed E-state index contributed by atoms with van der Waals surface area (Å²) in [5.74, 6) is -1.14. The van der Waals surface area contributed by atoms with Crippen molar-refractivity contribution in [1.29, 1.82) is 0 Å². The molecule has 4 heteroatoms. The van der Waals surface area contributed by atoms with E-state index in [9.17, 15) is 9.90 Å². The van der Waals surface area contributed by atoms with Gasteiger partial charge in [-0.15, -0.1) is 0 Å². The molecule has 1 aliphatic rings. The van der Waals surface area contributed by atoms with Gasteiger partial charge in [-0.25, -0.2) is 0 Å². The van der Waals surface area contributed by atoms with Crippen molar-refractivity contribution in [3.05, 3.63) is 35.9 Å². The Morgan fingerprint density at radius 3 is 2.38 bits per heavy atom. The van der Waals surface area contributed by atoms with Crippen molar-refractivity contribution in [1.82, 2.24) is 0 Å². The van der Waals surface area contributed by atoms with Crippen molar-refractivity contribution in [2.24, 2.45) is 0 Å². The first-order valence-electron chi connectivity index (χ1n) is 3.70. The number of epoxide rings is 1. The Balaban J connectivity index is 0.000000845. The number of hydrogen-bond acceptors (Lipinski definition) is 3. The summed E-state index contributed by atoms with van der Waals surface area (Å²) in [6.45, 7) is 0. The molecule has 0 N–H and O–H groups in total. The SMILES string of the molecule is O=C([O-])[C@H]1O[C@@H]1c1ccccc1.[Na+]. The molecule has 3 nitrogen and oxygen atoms in total. The van der Waals surface area contributed by atoms with E-state index in [4.69, 9.17) is 4.74 Å². The summed E-state index contributed by atoms with van der Waals surface area (Å²) < 4.78 is 4.90. The van der Waals surface area contributed by atoms with Crippen molar-refractivity contribution >= 4 is 5.97 Å². The van der Waals surface area contributed by atoms with Crippen molar-refractivity contribution in [3.63, 3.8) is 0 Å². The van der Waals surface area contributed by atoms with Gasteiger partial charge in [-0.1, -0.05) is 30.3 Å². The first-order chi connectivity index (χ1) is 5.79. The van der Waals surface area contributed by atoms with E-state index >= 15 is 0 Å². The van der Waals surface area contributed by atoms with Crippen LogP contribution in [-0.4, -0.2) is 12.1 Å². The van der Waals surface area contributed by atoms with Crippen LogP contribution in [0.25, 0.3) is 0 Å². The van der Waals surface area contributed by atoms with Gasteiger partial charge >= 0.3 is 29.6 Å². The number of carbonyl (C=O) groups is 1. The topological polar surface area (TPSA) is 52.7 Å². The molecule has 0 unspecified atom stereocenters. The molecule has 0 radical (unpaired) electrons. The van der Waals surface area contributed by atoms with E-state index in [1.807, 2.05) is 30.3 Å². The minimum atomic E-state index is -1.14. The number of rotatable bonds is 2. The van der Waals surface area contributed by atoms with Crippen LogP contribution >= 0.6 is 0 Å². The van der Waals surface area contributed by atoms with Gasteiger partial charge < -0.3 is 14.6 Å². The van der Waals surface area contributed by atoms with E-state index in [0.717, 1.165) is 5.56 Å². The van der Waals surface area contributed by atoms with Gasteiger partial charge in [0.25, 0.3) is 0 Å². The van der Waals surface area contributed by atoms with Gasteiger partial charge in [0.1, 0.15) is 12.2 Å². The second-order valence-corrected chi connectivity index (χ2v) is 2.71. The summed E-state index contributed by atoms with van der Waals surface area (Å²) in [6.07, 6.45) is -1.04. The van der Waals surface area contributed by atoms with E-state index in [-0.39, 0.29) is 35.7 Å². The average Bonchev–Trinajstić information content (AvgIpc) is 2.84. The maximum Gasteiger partial charge on any atom is 1.00 e. The van der Waals surface area contributed by atoms with E-state index in [1.54, 1.807) is 0 Å². The largest absolute Gasteiger partial charge is 1.00 e. The van der Waals surface area contributed by atoms with Gasteiger partial charge in [0.15, 0.2) is 0 Å². The van der Waals surface area contributed by atoms with E-state index in [0.29, 0.717) is 0 Å². The Hall–Kier alpha value is -0.350. The quantitative estimate of drug-likeness (QED) is 0.363. The minimum absolute atomic E-state index is 0. The van der Waals surface area contributed by atoms with Crippen LogP contribution in [0.4, 0.5) is 0 Å². The van der Waals surface area contributed by atoms with Gasteiger partial charge in [0.2, 0.25) is 0 Å². The number of carboxylic acids is 1. The molecule has 13 heavy (non-hydrogen) atoms. The fourth-order valence-corrected chi connectivity index (χ4v) is 1.19. The molecule has 1 fully saturated rings. The predicted molar refractivity (Wildman–Crippen MR) is 39.1 cm³/mol. The molecule has 1 aliphatic heterocycles. The molecule has 1 heterocycles. The van der Waals surface area contributed by atoms with Gasteiger partial charge in [0, 0.05) is 0 Å². The molecular weight excluding hydrogens is 179 g/mol. The van der Waals surface area contributed by atoms with E-state index < -0.39 is 12.1 Å². The van der Waals surface area contributed by atoms with Crippen LogP contribution in [0.3, 0.4) is 0 Å². The minimum Gasteiger partial charge on any atom is -0.547 e. The molecule has 1 aromatic carbocycles. The Kier molecular flexibility index (Phi) is 3.50. The number of carboxylic acid groups (broad SMARTS) is 1. The third kappa shape index (κ3) is 2.31. The summed E-state index contributed by atoms with van der Waals surface area (Å²) in [6, 6.07) is 9.26. The monoisotopic (exact) mass is 186 g/mol. The van der Waals surface area contributed by atoms with Crippen LogP contribution in [0.1, 0.15) is 11.7 Å². The van der Waals surface area contributed by atoms with Crippen LogP contribution in [0, 0.1) is 0 Å². The third-order valence-electron chi connectivity index (χ3n) is 1.85. The Labute approximate surface area is 98.0 Å². The standard InChI is InChI=1S/C9H8O3.Na/c10-9(11)8-7(12-8)6-4-2-1-3-5-6;/h1-5,7-8H,(H,10,11);/q;+1/p-1/t7-,8+;/m1./s1. The zero-order chi connectivity index (χ0) is 8.55. The fourth-order valence-electron chi connectivity index (χ4n) is 1.19. The van der Waals surface area contributed by atoms with Crippen molar-refractivity contribution in [2.75, 3.05) is 0 Å². The normalized spacial score (nSPS) is 24.6. The zero-order valence-electron chi connectivity index (χ0n) is 7.27. The molecule has 2 atom stereocenters. The summed E-state index contributed by atoms with van der Waals surface area (Å²) in [5.41, 5.74) is 0.895. The summed E-state index contributed by atoms with van der Waals surface area (Å²) in [4.78, 5) is 10.3. The third-order valence-corrected chi connectivity index (χ3v) is 1.85. The van der Waals surface area contributed by atoms with E-state index in [2.05, 4.69) is 0 Å². The summed E-state index contributed by atoms with van der Waals surface area (Å²) >= 11 is 0. The van der Waals surface area contributed by atoms with Crippen LogP contribution in [0.2, 0.25) is 0 Å². The Morgan fingerprint density at radius 1 is 1.31 bits per heavy atom. The number of benzene rings is 1. The van der Waals surface area contributed by atoms with E-state index in [1.165, 1.54) is 0 Å². The molecule has 0 aromatic heterocycles. The molecule has 0 saturated carbocycles. The second kappa shape index (κ2) is 4.24. The van der Waals surface area contributed by atoms with Crippen LogP contribution in [0.5, 0.6) is 0 Å². The molecule has 62 valence electrons. The number of aliphatic carboxylic acids is 1. The predicted octanol–water partition coefficient (Wildman–Crippen LogP) is -3.12. The fraction of sp³-hybridized carbons (Fsp3) is 0.222. The number of carbonyl (C=O) groups excluding carboxylic acids is 1. The van der Waals surface area contributed by atoms with Crippen LogP contribution < -0.4 is 34.7 Å². The van der Waals surface area contributed by atoms with Gasteiger partial charge in [-0.3, -0.25) is 0 Å². The Bertz CT molecular complexity index is 299. The van der Waals surface area contributed by atoms with Crippen molar-refractivity contribution in [3.8, 4) is 0 Å². The molecular formula is C9H7NaO3. The average molecular weight is 186 g/mol. The molecule has 0 amide bonds. The molecule has 0 aliphatic carbocycles. The number of hydrogen-bond donors (Lipinski definition) is 0. The second-order valence-electron chi connectivity index (χ2n) is 2.71. The molecule has 0 spiro atoms. The molecule has 2 rings (SSSR count). The number of ether oxygens (including phenoxy) is 1. The zero-order valence-corrected chi connectivity index (χ0v) is 9.27. The maximum absolute atomic E-state index is 10.3. The van der Waals surface area contributed by atoms with Crippen molar-refractivity contribution in [2.45, 2.75) is 12.2 Å².